The van der Waals surface area contributed by atoms with Crippen molar-refractivity contribution in [1.29, 1.82) is 0 Å². The smallest absolute Gasteiger partial charge is 0.0487 e. The summed E-state index contributed by atoms with van der Waals surface area (Å²) in [6.45, 7) is 6.80. The van der Waals surface area contributed by atoms with Crippen LogP contribution in [0.2, 0.25) is 0 Å². The van der Waals surface area contributed by atoms with Gasteiger partial charge >= 0.3 is 0 Å². The molecule has 2 nitrogen and oxygen atoms in total. The van der Waals surface area contributed by atoms with E-state index in [1.807, 2.05) is 0 Å². The van der Waals surface area contributed by atoms with Crippen molar-refractivity contribution >= 4 is 11.6 Å². The van der Waals surface area contributed by atoms with Crippen LogP contribution in [0.1, 0.15) is 39.5 Å². The number of rotatable bonds is 10. The van der Waals surface area contributed by atoms with Gasteiger partial charge in [0, 0.05) is 32.8 Å². The minimum absolute atomic E-state index is 0.281. The number of alkyl halides is 1. The fourth-order valence-corrected chi connectivity index (χ4v) is 2.07. The number of halogens is 1. The Morgan fingerprint density at radius 3 is 2.20 bits per heavy atom. The molecule has 0 radical (unpaired) electrons. The van der Waals surface area contributed by atoms with E-state index in [1.54, 1.807) is 7.11 Å². The van der Waals surface area contributed by atoms with Crippen LogP contribution in [0.4, 0.5) is 0 Å². The Labute approximate surface area is 99.3 Å². The van der Waals surface area contributed by atoms with Crippen LogP contribution in [0.3, 0.4) is 0 Å². The van der Waals surface area contributed by atoms with Crippen molar-refractivity contribution in [2.45, 2.75) is 39.5 Å². The standard InChI is InChI=1S/C12H25ClO2/c1-4-12(5-2,11-13)7-10-15-9-6-8-14-3/h4-11H2,1-3H3. The Bertz CT molecular complexity index is 127. The summed E-state index contributed by atoms with van der Waals surface area (Å²) in [5, 5.41) is 0. The van der Waals surface area contributed by atoms with Crippen molar-refractivity contribution in [3.63, 3.8) is 0 Å². The molecule has 0 aromatic rings. The van der Waals surface area contributed by atoms with Crippen LogP contribution in [0, 0.1) is 5.41 Å². The van der Waals surface area contributed by atoms with E-state index >= 15 is 0 Å². The highest BCUT2D eigenvalue weighted by Gasteiger charge is 2.24. The molecule has 0 bridgehead atoms. The van der Waals surface area contributed by atoms with E-state index in [9.17, 15) is 0 Å². The van der Waals surface area contributed by atoms with Gasteiger partial charge in [-0.05, 0) is 31.1 Å². The summed E-state index contributed by atoms with van der Waals surface area (Å²) in [5.41, 5.74) is 0.281. The molecular formula is C12H25ClO2. The zero-order chi connectivity index (χ0) is 11.6. The zero-order valence-corrected chi connectivity index (χ0v) is 11.1. The molecule has 0 aromatic carbocycles. The monoisotopic (exact) mass is 236 g/mol. The third kappa shape index (κ3) is 6.39. The second-order valence-corrected chi connectivity index (χ2v) is 4.32. The van der Waals surface area contributed by atoms with Crippen LogP contribution < -0.4 is 0 Å². The van der Waals surface area contributed by atoms with Gasteiger partial charge in [-0.2, -0.15) is 0 Å². The summed E-state index contributed by atoms with van der Waals surface area (Å²) in [7, 11) is 1.71. The number of ether oxygens (including phenoxy) is 2. The lowest BCUT2D eigenvalue weighted by molar-refractivity contribution is 0.0782. The molecule has 0 N–H and O–H groups in total. The van der Waals surface area contributed by atoms with Gasteiger partial charge in [-0.15, -0.1) is 11.6 Å². The first-order chi connectivity index (χ1) is 7.24. The van der Waals surface area contributed by atoms with Crippen molar-refractivity contribution in [3.8, 4) is 0 Å². The Morgan fingerprint density at radius 2 is 1.73 bits per heavy atom. The van der Waals surface area contributed by atoms with E-state index in [-0.39, 0.29) is 5.41 Å². The molecule has 0 aromatic heterocycles. The molecule has 0 aliphatic heterocycles. The highest BCUT2D eigenvalue weighted by atomic mass is 35.5. The van der Waals surface area contributed by atoms with Crippen molar-refractivity contribution in [1.82, 2.24) is 0 Å². The van der Waals surface area contributed by atoms with Crippen LogP contribution in [0.15, 0.2) is 0 Å². The van der Waals surface area contributed by atoms with E-state index < -0.39 is 0 Å². The lowest BCUT2D eigenvalue weighted by atomic mass is 9.81. The van der Waals surface area contributed by atoms with Crippen molar-refractivity contribution in [2.75, 3.05) is 32.8 Å². The van der Waals surface area contributed by atoms with Crippen LogP contribution in [0.5, 0.6) is 0 Å². The Morgan fingerprint density at radius 1 is 1.07 bits per heavy atom. The van der Waals surface area contributed by atoms with Gasteiger partial charge in [-0.25, -0.2) is 0 Å². The third-order valence-electron chi connectivity index (χ3n) is 3.20. The van der Waals surface area contributed by atoms with Crippen molar-refractivity contribution < 1.29 is 9.47 Å². The van der Waals surface area contributed by atoms with E-state index in [0.717, 1.165) is 51.4 Å². The highest BCUT2D eigenvalue weighted by molar-refractivity contribution is 6.18. The Kier molecular flexibility index (Phi) is 9.57. The molecule has 0 amide bonds. The Hall–Kier alpha value is 0.210. The van der Waals surface area contributed by atoms with Crippen LogP contribution in [-0.2, 0) is 9.47 Å². The summed E-state index contributed by atoms with van der Waals surface area (Å²) >= 11 is 6.01. The summed E-state index contributed by atoms with van der Waals surface area (Å²) in [4.78, 5) is 0. The summed E-state index contributed by atoms with van der Waals surface area (Å²) in [6.07, 6.45) is 4.31. The van der Waals surface area contributed by atoms with Gasteiger partial charge in [0.2, 0.25) is 0 Å². The van der Waals surface area contributed by atoms with Gasteiger partial charge in [0.1, 0.15) is 0 Å². The van der Waals surface area contributed by atoms with Crippen LogP contribution >= 0.6 is 11.6 Å². The molecule has 0 saturated heterocycles. The fraction of sp³-hybridized carbons (Fsp3) is 1.00. The Balaban J connectivity index is 3.54. The number of hydrogen-bond acceptors (Lipinski definition) is 2. The average molecular weight is 237 g/mol. The maximum absolute atomic E-state index is 6.01. The van der Waals surface area contributed by atoms with Crippen molar-refractivity contribution in [3.05, 3.63) is 0 Å². The molecule has 15 heavy (non-hydrogen) atoms. The molecule has 0 heterocycles. The first kappa shape index (κ1) is 15.2. The maximum atomic E-state index is 6.01. The molecular weight excluding hydrogens is 212 g/mol. The van der Waals surface area contributed by atoms with E-state index in [2.05, 4.69) is 13.8 Å². The van der Waals surface area contributed by atoms with Gasteiger partial charge in [0.15, 0.2) is 0 Å². The number of methoxy groups -OCH3 is 1. The van der Waals surface area contributed by atoms with Crippen LogP contribution in [-0.4, -0.2) is 32.8 Å². The molecule has 0 aliphatic rings. The molecule has 0 atom stereocenters. The SMILES string of the molecule is CCC(CC)(CCl)CCOCCCOC. The first-order valence-corrected chi connectivity index (χ1v) is 6.40. The minimum Gasteiger partial charge on any atom is -0.385 e. The summed E-state index contributed by atoms with van der Waals surface area (Å²) in [6, 6.07) is 0. The average Bonchev–Trinajstić information content (AvgIpc) is 2.29. The largest absolute Gasteiger partial charge is 0.385 e. The van der Waals surface area contributed by atoms with Crippen molar-refractivity contribution in [2.24, 2.45) is 5.41 Å². The predicted molar refractivity (Wildman–Crippen MR) is 65.7 cm³/mol. The fourth-order valence-electron chi connectivity index (χ4n) is 1.56. The highest BCUT2D eigenvalue weighted by Crippen LogP contribution is 2.31. The van der Waals surface area contributed by atoms with E-state index in [1.165, 1.54) is 0 Å². The second-order valence-electron chi connectivity index (χ2n) is 4.05. The quantitative estimate of drug-likeness (QED) is 0.427. The lowest BCUT2D eigenvalue weighted by Crippen LogP contribution is -2.23. The topological polar surface area (TPSA) is 18.5 Å². The molecule has 0 rings (SSSR count). The van der Waals surface area contributed by atoms with E-state index in [4.69, 9.17) is 21.1 Å². The van der Waals surface area contributed by atoms with Crippen LogP contribution in [0.25, 0.3) is 0 Å². The van der Waals surface area contributed by atoms with E-state index in [0.29, 0.717) is 0 Å². The normalized spacial score (nSPS) is 12.0. The van der Waals surface area contributed by atoms with Gasteiger partial charge in [0.25, 0.3) is 0 Å². The molecule has 0 saturated carbocycles. The molecule has 92 valence electrons. The summed E-state index contributed by atoms with van der Waals surface area (Å²) < 4.78 is 10.5. The molecule has 0 spiro atoms. The van der Waals surface area contributed by atoms with Gasteiger partial charge in [0.05, 0.1) is 0 Å². The third-order valence-corrected chi connectivity index (χ3v) is 3.76. The molecule has 0 unspecified atom stereocenters. The predicted octanol–water partition coefficient (Wildman–Crippen LogP) is 3.47. The lowest BCUT2D eigenvalue weighted by Gasteiger charge is -2.29. The van der Waals surface area contributed by atoms with Gasteiger partial charge in [-0.3, -0.25) is 0 Å². The minimum atomic E-state index is 0.281. The number of hydrogen-bond donors (Lipinski definition) is 0. The molecule has 3 heteroatoms. The second kappa shape index (κ2) is 9.44. The first-order valence-electron chi connectivity index (χ1n) is 5.87. The molecule has 0 fully saturated rings. The molecule has 0 aliphatic carbocycles. The summed E-state index contributed by atoms with van der Waals surface area (Å²) in [5.74, 6) is 0.738. The van der Waals surface area contributed by atoms with Gasteiger partial charge in [-0.1, -0.05) is 13.8 Å². The van der Waals surface area contributed by atoms with Gasteiger partial charge < -0.3 is 9.47 Å². The maximum Gasteiger partial charge on any atom is 0.0487 e. The zero-order valence-electron chi connectivity index (χ0n) is 10.4.